The lowest BCUT2D eigenvalue weighted by atomic mass is 9.96. The maximum atomic E-state index is 12.5. The number of hydrogen-bond acceptors (Lipinski definition) is 3. The molecule has 1 atom stereocenters. The molecule has 2 saturated heterocycles. The first-order chi connectivity index (χ1) is 13.2. The summed E-state index contributed by atoms with van der Waals surface area (Å²) >= 11 is 0. The molecule has 27 heavy (non-hydrogen) atoms. The fourth-order valence-electron chi connectivity index (χ4n) is 3.97. The Morgan fingerprint density at radius 3 is 2.48 bits per heavy atom. The Bertz CT molecular complexity index is 614. The van der Waals surface area contributed by atoms with Gasteiger partial charge in [-0.3, -0.25) is 4.79 Å². The van der Waals surface area contributed by atoms with Crippen LogP contribution in [0.25, 0.3) is 0 Å². The lowest BCUT2D eigenvalue weighted by Gasteiger charge is -2.32. The summed E-state index contributed by atoms with van der Waals surface area (Å²) in [4.78, 5) is 29.0. The minimum Gasteiger partial charge on any atom is -0.356 e. The van der Waals surface area contributed by atoms with E-state index < -0.39 is 0 Å². The molecule has 0 radical (unpaired) electrons. The van der Waals surface area contributed by atoms with E-state index in [0.717, 1.165) is 45.3 Å². The second-order valence-electron chi connectivity index (χ2n) is 7.62. The topological polar surface area (TPSA) is 64.7 Å². The van der Waals surface area contributed by atoms with E-state index in [1.165, 1.54) is 5.56 Å². The zero-order valence-corrected chi connectivity index (χ0v) is 16.3. The first-order valence-corrected chi connectivity index (χ1v) is 10.2. The highest BCUT2D eigenvalue weighted by atomic mass is 16.2. The molecule has 0 saturated carbocycles. The van der Waals surface area contributed by atoms with E-state index in [1.807, 2.05) is 23.1 Å². The van der Waals surface area contributed by atoms with Crippen LogP contribution in [0, 0.1) is 5.92 Å². The maximum absolute atomic E-state index is 12.5. The summed E-state index contributed by atoms with van der Waals surface area (Å²) in [5.74, 6) is 0.146. The molecule has 0 spiro atoms. The van der Waals surface area contributed by atoms with E-state index in [0.29, 0.717) is 19.6 Å². The van der Waals surface area contributed by atoms with Gasteiger partial charge in [-0.05, 0) is 37.8 Å². The number of benzene rings is 1. The van der Waals surface area contributed by atoms with Crippen molar-refractivity contribution in [2.45, 2.75) is 38.6 Å². The molecule has 0 bridgehead atoms. The van der Waals surface area contributed by atoms with Crippen molar-refractivity contribution < 1.29 is 9.59 Å². The highest BCUT2D eigenvalue weighted by Crippen LogP contribution is 2.18. The van der Waals surface area contributed by atoms with Crippen LogP contribution in [-0.4, -0.2) is 67.0 Å². The van der Waals surface area contributed by atoms with Crippen LogP contribution in [0.4, 0.5) is 4.79 Å². The molecule has 2 N–H and O–H groups in total. The predicted molar refractivity (Wildman–Crippen MR) is 107 cm³/mol. The Balaban J connectivity index is 1.34. The van der Waals surface area contributed by atoms with Gasteiger partial charge in [-0.1, -0.05) is 37.3 Å². The number of carbonyl (C=O) groups excluding carboxylic acids is 2. The Morgan fingerprint density at radius 2 is 1.81 bits per heavy atom. The molecule has 6 heteroatoms. The van der Waals surface area contributed by atoms with Crippen molar-refractivity contribution in [2.75, 3.05) is 39.3 Å². The minimum absolute atomic E-state index is 0.0203. The van der Waals surface area contributed by atoms with Crippen molar-refractivity contribution in [1.29, 1.82) is 0 Å². The number of urea groups is 1. The van der Waals surface area contributed by atoms with Gasteiger partial charge in [0, 0.05) is 44.7 Å². The summed E-state index contributed by atoms with van der Waals surface area (Å²) in [5.41, 5.74) is 1.23. The summed E-state index contributed by atoms with van der Waals surface area (Å²) in [5, 5.41) is 6.21. The van der Waals surface area contributed by atoms with Crippen LogP contribution in [-0.2, 0) is 11.2 Å². The van der Waals surface area contributed by atoms with E-state index in [4.69, 9.17) is 0 Å². The Morgan fingerprint density at radius 1 is 1.07 bits per heavy atom. The van der Waals surface area contributed by atoms with Gasteiger partial charge in [-0.2, -0.15) is 0 Å². The zero-order chi connectivity index (χ0) is 19.1. The highest BCUT2D eigenvalue weighted by Gasteiger charge is 2.29. The van der Waals surface area contributed by atoms with Crippen LogP contribution in [0.5, 0.6) is 0 Å². The van der Waals surface area contributed by atoms with Crippen LogP contribution in [0.2, 0.25) is 0 Å². The quantitative estimate of drug-likeness (QED) is 0.801. The molecule has 2 fully saturated rings. The third-order valence-corrected chi connectivity index (χ3v) is 5.76. The van der Waals surface area contributed by atoms with Gasteiger partial charge in [-0.15, -0.1) is 0 Å². The molecular weight excluding hydrogens is 340 g/mol. The number of likely N-dealkylation sites (N-methyl/N-ethyl adjacent to an activating group) is 1. The van der Waals surface area contributed by atoms with E-state index in [9.17, 15) is 9.59 Å². The van der Waals surface area contributed by atoms with Gasteiger partial charge in [-0.25, -0.2) is 4.79 Å². The molecule has 1 aromatic carbocycles. The van der Waals surface area contributed by atoms with Crippen LogP contribution < -0.4 is 10.6 Å². The third kappa shape index (κ3) is 5.70. The van der Waals surface area contributed by atoms with Crippen LogP contribution in [0.3, 0.4) is 0 Å². The summed E-state index contributed by atoms with van der Waals surface area (Å²) in [6, 6.07) is 10.5. The van der Waals surface area contributed by atoms with Crippen molar-refractivity contribution in [3.63, 3.8) is 0 Å². The predicted octanol–water partition coefficient (Wildman–Crippen LogP) is 1.86. The SMILES string of the molecule is CCN1CC[C@H](NC(=O)N2CCC(C(=O)NCCc3ccccc3)CC2)C1. The average Bonchev–Trinajstić information content (AvgIpc) is 3.16. The van der Waals surface area contributed by atoms with Gasteiger partial charge in [0.05, 0.1) is 0 Å². The van der Waals surface area contributed by atoms with Gasteiger partial charge in [0.15, 0.2) is 0 Å². The van der Waals surface area contributed by atoms with Gasteiger partial charge in [0.2, 0.25) is 5.91 Å². The molecule has 3 rings (SSSR count). The number of nitrogens with one attached hydrogen (secondary N) is 2. The zero-order valence-electron chi connectivity index (χ0n) is 16.3. The van der Waals surface area contributed by atoms with E-state index >= 15 is 0 Å². The van der Waals surface area contributed by atoms with E-state index in [-0.39, 0.29) is 23.9 Å². The highest BCUT2D eigenvalue weighted by molar-refractivity contribution is 5.79. The Hall–Kier alpha value is -2.08. The van der Waals surface area contributed by atoms with E-state index in [2.05, 4.69) is 34.6 Å². The van der Waals surface area contributed by atoms with Crippen LogP contribution in [0.15, 0.2) is 30.3 Å². The average molecular weight is 373 g/mol. The number of carbonyl (C=O) groups is 2. The minimum atomic E-state index is 0.0203. The van der Waals surface area contributed by atoms with Gasteiger partial charge in [0.25, 0.3) is 0 Å². The lowest BCUT2D eigenvalue weighted by molar-refractivity contribution is -0.126. The molecule has 6 nitrogen and oxygen atoms in total. The number of piperidine rings is 1. The second kappa shape index (κ2) is 9.74. The van der Waals surface area contributed by atoms with Gasteiger partial charge < -0.3 is 20.4 Å². The lowest BCUT2D eigenvalue weighted by Crippen LogP contribution is -2.50. The Kier molecular flexibility index (Phi) is 7.10. The molecule has 2 aliphatic rings. The molecular formula is C21H32N4O2. The standard InChI is InChI=1S/C21H32N4O2/c1-2-24-13-11-19(16-24)23-21(27)25-14-9-18(10-15-25)20(26)22-12-8-17-6-4-3-5-7-17/h3-7,18-19H,2,8-16H2,1H3,(H,22,26)(H,23,27)/t19-/m0/s1. The molecule has 3 amide bonds. The van der Waals surface area contributed by atoms with Crippen molar-refractivity contribution in [3.8, 4) is 0 Å². The molecule has 2 heterocycles. The smallest absolute Gasteiger partial charge is 0.317 e. The fourth-order valence-corrected chi connectivity index (χ4v) is 3.97. The number of likely N-dealkylation sites (tertiary alicyclic amines) is 2. The normalized spacial score (nSPS) is 21.2. The van der Waals surface area contributed by atoms with E-state index in [1.54, 1.807) is 0 Å². The molecule has 0 aromatic heterocycles. The summed E-state index contributed by atoms with van der Waals surface area (Å²) in [6.45, 7) is 7.19. The summed E-state index contributed by atoms with van der Waals surface area (Å²) in [7, 11) is 0. The van der Waals surface area contributed by atoms with Crippen LogP contribution in [0.1, 0.15) is 31.7 Å². The molecule has 0 unspecified atom stereocenters. The number of nitrogens with zero attached hydrogens (tertiary/aromatic N) is 2. The van der Waals surface area contributed by atoms with Crippen molar-refractivity contribution >= 4 is 11.9 Å². The first-order valence-electron chi connectivity index (χ1n) is 10.2. The largest absolute Gasteiger partial charge is 0.356 e. The summed E-state index contributed by atoms with van der Waals surface area (Å²) < 4.78 is 0. The van der Waals surface area contributed by atoms with Crippen molar-refractivity contribution in [2.24, 2.45) is 5.92 Å². The van der Waals surface area contributed by atoms with Crippen LogP contribution >= 0.6 is 0 Å². The number of hydrogen-bond donors (Lipinski definition) is 2. The Labute approximate surface area is 162 Å². The monoisotopic (exact) mass is 372 g/mol. The van der Waals surface area contributed by atoms with Gasteiger partial charge in [0.1, 0.15) is 0 Å². The number of amides is 3. The molecule has 0 aliphatic carbocycles. The third-order valence-electron chi connectivity index (χ3n) is 5.76. The molecule has 2 aliphatic heterocycles. The second-order valence-corrected chi connectivity index (χ2v) is 7.62. The fraction of sp³-hybridized carbons (Fsp3) is 0.619. The maximum Gasteiger partial charge on any atom is 0.317 e. The van der Waals surface area contributed by atoms with Gasteiger partial charge >= 0.3 is 6.03 Å². The van der Waals surface area contributed by atoms with Crippen molar-refractivity contribution in [3.05, 3.63) is 35.9 Å². The first kappa shape index (κ1) is 19.7. The molecule has 1 aromatic rings. The van der Waals surface area contributed by atoms with Crippen molar-refractivity contribution in [1.82, 2.24) is 20.4 Å². The molecule has 148 valence electrons. The summed E-state index contributed by atoms with van der Waals surface area (Å²) in [6.07, 6.45) is 3.37. The number of rotatable bonds is 6.